The lowest BCUT2D eigenvalue weighted by Crippen LogP contribution is -2.35. The molecule has 1 heterocycles. The van der Waals surface area contributed by atoms with E-state index in [2.05, 4.69) is 10.2 Å². The van der Waals surface area contributed by atoms with E-state index in [-0.39, 0.29) is 17.2 Å². The van der Waals surface area contributed by atoms with Crippen LogP contribution < -0.4 is 5.32 Å². The Labute approximate surface area is 123 Å². The molecular formula is C15H21F2N3O. The highest BCUT2D eigenvalue weighted by atomic mass is 19.1. The van der Waals surface area contributed by atoms with Crippen molar-refractivity contribution in [3.05, 3.63) is 29.3 Å². The zero-order valence-electron chi connectivity index (χ0n) is 12.5. The Morgan fingerprint density at radius 2 is 1.86 bits per heavy atom. The molecule has 1 aliphatic heterocycles. The van der Waals surface area contributed by atoms with Gasteiger partial charge >= 0.3 is 0 Å². The number of rotatable bonds is 5. The van der Waals surface area contributed by atoms with Crippen molar-refractivity contribution < 1.29 is 13.6 Å². The smallest absolute Gasteiger partial charge is 0.253 e. The van der Waals surface area contributed by atoms with Crippen molar-refractivity contribution in [2.24, 2.45) is 0 Å². The molecule has 0 radical (unpaired) electrons. The first-order valence-electron chi connectivity index (χ1n) is 7.17. The second kappa shape index (κ2) is 6.85. The van der Waals surface area contributed by atoms with Gasteiger partial charge in [-0.15, -0.1) is 0 Å². The molecule has 0 saturated carbocycles. The van der Waals surface area contributed by atoms with E-state index >= 15 is 0 Å². The molecule has 1 N–H and O–H groups in total. The van der Waals surface area contributed by atoms with E-state index in [1.165, 1.54) is 24.8 Å². The average molecular weight is 297 g/mol. The molecule has 4 nitrogen and oxygen atoms in total. The predicted octanol–water partition coefficient (Wildman–Crippen LogP) is 2.17. The van der Waals surface area contributed by atoms with Gasteiger partial charge in [0.15, 0.2) is 0 Å². The van der Waals surface area contributed by atoms with Crippen LogP contribution in [0.5, 0.6) is 0 Å². The molecule has 0 atom stereocenters. The van der Waals surface area contributed by atoms with Crippen LogP contribution >= 0.6 is 0 Å². The third-order valence-electron chi connectivity index (χ3n) is 3.84. The second-order valence-corrected chi connectivity index (χ2v) is 5.34. The summed E-state index contributed by atoms with van der Waals surface area (Å²) in [5.74, 6) is -1.88. The number of likely N-dealkylation sites (N-methyl/N-ethyl adjacent to an activating group) is 1. The summed E-state index contributed by atoms with van der Waals surface area (Å²) in [6.07, 6.45) is 2.39. The van der Waals surface area contributed by atoms with Crippen LogP contribution in [-0.2, 0) is 0 Å². The van der Waals surface area contributed by atoms with E-state index in [9.17, 15) is 13.6 Å². The summed E-state index contributed by atoms with van der Waals surface area (Å²) in [5, 5.41) is 2.44. The lowest BCUT2D eigenvalue weighted by atomic mass is 10.1. The first-order valence-corrected chi connectivity index (χ1v) is 7.17. The minimum atomic E-state index is -0.756. The molecule has 0 aromatic heterocycles. The van der Waals surface area contributed by atoms with E-state index in [0.717, 1.165) is 31.8 Å². The summed E-state index contributed by atoms with van der Waals surface area (Å²) in [7, 11) is 3.09. The van der Waals surface area contributed by atoms with Crippen molar-refractivity contribution >= 4 is 11.6 Å². The largest absolute Gasteiger partial charge is 0.383 e. The molecule has 0 bridgehead atoms. The summed E-state index contributed by atoms with van der Waals surface area (Å²) in [4.78, 5) is 16.0. The molecule has 21 heavy (non-hydrogen) atoms. The number of nitrogens with zero attached hydrogens (tertiary/aromatic N) is 2. The zero-order valence-corrected chi connectivity index (χ0v) is 12.5. The fourth-order valence-corrected chi connectivity index (χ4v) is 2.56. The SMILES string of the molecule is CNc1c(F)cc(C(=O)N(C)CCN2CCCC2)cc1F. The van der Waals surface area contributed by atoms with E-state index in [1.807, 2.05) is 0 Å². The quantitative estimate of drug-likeness (QED) is 0.905. The highest BCUT2D eigenvalue weighted by molar-refractivity contribution is 5.94. The molecule has 1 saturated heterocycles. The maximum atomic E-state index is 13.7. The first kappa shape index (κ1) is 15.7. The predicted molar refractivity (Wildman–Crippen MR) is 78.5 cm³/mol. The monoisotopic (exact) mass is 297 g/mol. The van der Waals surface area contributed by atoms with Crippen LogP contribution in [0.4, 0.5) is 14.5 Å². The van der Waals surface area contributed by atoms with Crippen LogP contribution in [0.2, 0.25) is 0 Å². The number of carbonyl (C=O) groups is 1. The van der Waals surface area contributed by atoms with Gasteiger partial charge < -0.3 is 15.1 Å². The van der Waals surface area contributed by atoms with Gasteiger partial charge in [-0.3, -0.25) is 4.79 Å². The number of nitrogens with one attached hydrogen (secondary N) is 1. The van der Waals surface area contributed by atoms with Crippen molar-refractivity contribution in [2.75, 3.05) is 45.6 Å². The summed E-state index contributed by atoms with van der Waals surface area (Å²) in [5.41, 5.74) is -0.181. The Balaban J connectivity index is 2.01. The Morgan fingerprint density at radius 1 is 1.29 bits per heavy atom. The molecule has 0 aliphatic carbocycles. The van der Waals surface area contributed by atoms with Gasteiger partial charge in [-0.1, -0.05) is 0 Å². The minimum absolute atomic E-state index is 0.0351. The van der Waals surface area contributed by atoms with E-state index in [1.54, 1.807) is 7.05 Å². The normalized spacial score (nSPS) is 15.2. The maximum Gasteiger partial charge on any atom is 0.253 e. The van der Waals surface area contributed by atoms with Crippen LogP contribution in [0.15, 0.2) is 12.1 Å². The summed E-state index contributed by atoms with van der Waals surface area (Å²) in [6, 6.07) is 2.15. The molecular weight excluding hydrogens is 276 g/mol. The topological polar surface area (TPSA) is 35.6 Å². The van der Waals surface area contributed by atoms with Gasteiger partial charge in [-0.2, -0.15) is 0 Å². The van der Waals surface area contributed by atoms with E-state index in [0.29, 0.717) is 6.54 Å². The molecule has 1 aromatic carbocycles. The third kappa shape index (κ3) is 3.69. The Bertz CT molecular complexity index is 493. The standard InChI is InChI=1S/C15H21F2N3O/c1-18-14-12(16)9-11(10-13(14)17)15(21)19(2)7-8-20-5-3-4-6-20/h9-10,18H,3-8H2,1-2H3. The molecule has 0 spiro atoms. The number of benzene rings is 1. The van der Waals surface area contributed by atoms with Crippen LogP contribution in [0, 0.1) is 11.6 Å². The van der Waals surface area contributed by atoms with Crippen LogP contribution in [0.3, 0.4) is 0 Å². The molecule has 0 unspecified atom stereocenters. The molecule has 1 fully saturated rings. The maximum absolute atomic E-state index is 13.7. The van der Waals surface area contributed by atoms with Gasteiger partial charge in [0.05, 0.1) is 0 Å². The molecule has 1 amide bonds. The molecule has 116 valence electrons. The molecule has 1 aliphatic rings. The molecule has 6 heteroatoms. The lowest BCUT2D eigenvalue weighted by Gasteiger charge is -2.21. The van der Waals surface area contributed by atoms with Crippen molar-refractivity contribution in [1.29, 1.82) is 0 Å². The van der Waals surface area contributed by atoms with Gasteiger partial charge in [0.25, 0.3) is 5.91 Å². The zero-order chi connectivity index (χ0) is 15.4. The molecule has 1 aromatic rings. The number of amides is 1. The second-order valence-electron chi connectivity index (χ2n) is 5.34. The highest BCUT2D eigenvalue weighted by Crippen LogP contribution is 2.21. The highest BCUT2D eigenvalue weighted by Gasteiger charge is 2.18. The van der Waals surface area contributed by atoms with Gasteiger partial charge in [0.1, 0.15) is 17.3 Å². The minimum Gasteiger partial charge on any atom is -0.383 e. The van der Waals surface area contributed by atoms with Crippen LogP contribution in [0.25, 0.3) is 0 Å². The number of anilines is 1. The van der Waals surface area contributed by atoms with Crippen molar-refractivity contribution in [1.82, 2.24) is 9.80 Å². The molecule has 2 rings (SSSR count). The van der Waals surface area contributed by atoms with Gasteiger partial charge in [-0.05, 0) is 38.1 Å². The first-order chi connectivity index (χ1) is 10.0. The van der Waals surface area contributed by atoms with E-state index < -0.39 is 11.6 Å². The lowest BCUT2D eigenvalue weighted by molar-refractivity contribution is 0.0781. The average Bonchev–Trinajstić information content (AvgIpc) is 2.96. The fraction of sp³-hybridized carbons (Fsp3) is 0.533. The Hall–Kier alpha value is -1.69. The van der Waals surface area contributed by atoms with Gasteiger partial charge in [0, 0.05) is 32.7 Å². The summed E-state index contributed by atoms with van der Waals surface area (Å²) >= 11 is 0. The number of likely N-dealkylation sites (tertiary alicyclic amines) is 1. The number of carbonyl (C=O) groups excluding carboxylic acids is 1. The van der Waals surface area contributed by atoms with Crippen molar-refractivity contribution in [3.63, 3.8) is 0 Å². The van der Waals surface area contributed by atoms with Crippen molar-refractivity contribution in [3.8, 4) is 0 Å². The van der Waals surface area contributed by atoms with Crippen LogP contribution in [0.1, 0.15) is 23.2 Å². The Kier molecular flexibility index (Phi) is 5.12. The number of hydrogen-bond donors (Lipinski definition) is 1. The third-order valence-corrected chi connectivity index (χ3v) is 3.84. The van der Waals surface area contributed by atoms with Gasteiger partial charge in [-0.25, -0.2) is 8.78 Å². The van der Waals surface area contributed by atoms with E-state index in [4.69, 9.17) is 0 Å². The number of halogens is 2. The number of hydrogen-bond acceptors (Lipinski definition) is 3. The Morgan fingerprint density at radius 3 is 2.38 bits per heavy atom. The summed E-state index contributed by atoms with van der Waals surface area (Å²) in [6.45, 7) is 3.46. The van der Waals surface area contributed by atoms with Crippen LogP contribution in [-0.4, -0.2) is 56.0 Å². The summed E-state index contributed by atoms with van der Waals surface area (Å²) < 4.78 is 27.4. The fourth-order valence-electron chi connectivity index (χ4n) is 2.56. The van der Waals surface area contributed by atoms with Crippen molar-refractivity contribution in [2.45, 2.75) is 12.8 Å². The van der Waals surface area contributed by atoms with Gasteiger partial charge in [0.2, 0.25) is 0 Å².